The van der Waals surface area contributed by atoms with Crippen LogP contribution in [0.1, 0.15) is 23.5 Å². The fourth-order valence-electron chi connectivity index (χ4n) is 5.42. The molecule has 180 valence electrons. The van der Waals surface area contributed by atoms with Gasteiger partial charge >= 0.3 is 12.1 Å². The molecule has 8 heteroatoms. The molecule has 1 aliphatic carbocycles. The van der Waals surface area contributed by atoms with Gasteiger partial charge in [0.2, 0.25) is 0 Å². The molecule has 0 spiro atoms. The van der Waals surface area contributed by atoms with E-state index in [9.17, 15) is 19.5 Å². The lowest BCUT2D eigenvalue weighted by Crippen LogP contribution is -2.45. The Labute approximate surface area is 203 Å². The van der Waals surface area contributed by atoms with E-state index in [1.54, 1.807) is 0 Å². The Hall–Kier alpha value is -3.83. The third kappa shape index (κ3) is 4.24. The molecule has 0 bridgehead atoms. The number of benzene rings is 2. The number of carboxylic acids is 1. The second-order valence-electron chi connectivity index (χ2n) is 9.15. The zero-order valence-corrected chi connectivity index (χ0v) is 19.2. The summed E-state index contributed by atoms with van der Waals surface area (Å²) in [4.78, 5) is 38.1. The van der Waals surface area contributed by atoms with Gasteiger partial charge in [-0.3, -0.25) is 9.59 Å². The fourth-order valence-corrected chi connectivity index (χ4v) is 5.42. The molecule has 8 nitrogen and oxygen atoms in total. The number of amides is 2. The van der Waals surface area contributed by atoms with Crippen LogP contribution in [0.25, 0.3) is 11.1 Å². The lowest BCUT2D eigenvalue weighted by molar-refractivity contribution is -0.157. The molecule has 2 saturated heterocycles. The molecule has 0 unspecified atom stereocenters. The van der Waals surface area contributed by atoms with Crippen LogP contribution in [-0.4, -0.2) is 67.4 Å². The highest BCUT2D eigenvalue weighted by molar-refractivity contribution is 5.94. The second kappa shape index (κ2) is 9.43. The number of hydrogen-bond donors (Lipinski definition) is 2. The van der Waals surface area contributed by atoms with Gasteiger partial charge in [0.05, 0.1) is 18.6 Å². The largest absolute Gasteiger partial charge is 0.481 e. The molecule has 2 heterocycles. The molecule has 2 aliphatic heterocycles. The van der Waals surface area contributed by atoms with E-state index in [1.807, 2.05) is 36.4 Å². The van der Waals surface area contributed by atoms with Gasteiger partial charge in [0.25, 0.3) is 5.91 Å². The van der Waals surface area contributed by atoms with E-state index >= 15 is 0 Å². The van der Waals surface area contributed by atoms with Crippen molar-refractivity contribution in [3.63, 3.8) is 0 Å². The minimum absolute atomic E-state index is 0.0370. The van der Waals surface area contributed by atoms with Crippen LogP contribution in [-0.2, 0) is 19.1 Å². The van der Waals surface area contributed by atoms with E-state index in [0.29, 0.717) is 26.2 Å². The summed E-state index contributed by atoms with van der Waals surface area (Å²) in [5.41, 5.74) is 3.60. The summed E-state index contributed by atoms with van der Waals surface area (Å²) in [5.74, 6) is 3.52. The molecule has 2 aromatic rings. The highest BCUT2D eigenvalue weighted by Crippen LogP contribution is 2.44. The lowest BCUT2D eigenvalue weighted by atomic mass is 9.74. The van der Waals surface area contributed by atoms with Gasteiger partial charge in [-0.25, -0.2) is 4.79 Å². The van der Waals surface area contributed by atoms with Crippen molar-refractivity contribution in [2.24, 2.45) is 11.3 Å². The van der Waals surface area contributed by atoms with Crippen molar-refractivity contribution >= 4 is 18.0 Å². The number of ether oxygens (including phenoxy) is 2. The lowest BCUT2D eigenvalue weighted by Gasteiger charge is -2.33. The van der Waals surface area contributed by atoms with Crippen molar-refractivity contribution in [1.29, 1.82) is 0 Å². The number of rotatable bonds is 4. The smallest absolute Gasteiger partial charge is 0.407 e. The number of likely N-dealkylation sites (tertiary alicyclic amines) is 1. The number of carbonyl (C=O) groups excluding carboxylic acids is 2. The van der Waals surface area contributed by atoms with Gasteiger partial charge in [0.15, 0.2) is 0 Å². The Kier molecular flexibility index (Phi) is 6.18. The monoisotopic (exact) mass is 474 g/mol. The summed E-state index contributed by atoms with van der Waals surface area (Å²) in [6.45, 7) is 1.28. The number of hydrogen-bond acceptors (Lipinski definition) is 5. The van der Waals surface area contributed by atoms with Crippen LogP contribution in [0.2, 0.25) is 0 Å². The Balaban J connectivity index is 1.13. The molecule has 5 rings (SSSR count). The van der Waals surface area contributed by atoms with Crippen LogP contribution in [0.15, 0.2) is 48.5 Å². The van der Waals surface area contributed by atoms with Gasteiger partial charge in [-0.05, 0) is 34.6 Å². The van der Waals surface area contributed by atoms with E-state index in [2.05, 4.69) is 29.3 Å². The highest BCUT2D eigenvalue weighted by Gasteiger charge is 2.54. The minimum atomic E-state index is -0.963. The number of nitrogens with one attached hydrogen (secondary N) is 1. The third-order valence-corrected chi connectivity index (χ3v) is 7.28. The molecule has 2 fully saturated rings. The van der Waals surface area contributed by atoms with Crippen molar-refractivity contribution in [3.05, 3.63) is 59.7 Å². The molecule has 0 radical (unpaired) electrons. The molecule has 0 saturated carbocycles. The van der Waals surface area contributed by atoms with E-state index in [-0.39, 0.29) is 31.5 Å². The summed E-state index contributed by atoms with van der Waals surface area (Å²) in [6, 6.07) is 16.2. The van der Waals surface area contributed by atoms with Crippen LogP contribution in [0, 0.1) is 23.2 Å². The number of carboxylic acid groups (broad SMARTS) is 1. The first-order valence-electron chi connectivity index (χ1n) is 11.7. The van der Waals surface area contributed by atoms with Crippen molar-refractivity contribution in [2.45, 2.75) is 12.3 Å². The number of alkyl carbamates (subject to hydrolysis) is 1. The Morgan fingerprint density at radius 3 is 2.46 bits per heavy atom. The van der Waals surface area contributed by atoms with Crippen molar-refractivity contribution in [1.82, 2.24) is 10.2 Å². The first-order valence-corrected chi connectivity index (χ1v) is 11.7. The molecule has 2 atom stereocenters. The molecular formula is C27H26N2O6. The summed E-state index contributed by atoms with van der Waals surface area (Å²) >= 11 is 0. The Morgan fingerprint density at radius 1 is 1.11 bits per heavy atom. The predicted octanol–water partition coefficient (Wildman–Crippen LogP) is 2.48. The van der Waals surface area contributed by atoms with Gasteiger partial charge in [0.1, 0.15) is 6.61 Å². The fraction of sp³-hybridized carbons (Fsp3) is 0.370. The standard InChI is InChI=1S/C27H26N2O6/c30-24(29-14-18-15-34-13-11-27(18,17-29)25(31)32)10-5-12-28-26(33)35-16-23-21-8-3-1-6-19(21)20-7-2-4-9-22(20)23/h1-4,6-9,18,23H,11-17H2,(H,28,33)(H,31,32)/t18-,27+/m0/s1. The highest BCUT2D eigenvalue weighted by atomic mass is 16.5. The second-order valence-corrected chi connectivity index (χ2v) is 9.15. The normalized spacial score (nSPS) is 22.3. The summed E-state index contributed by atoms with van der Waals surface area (Å²) in [6.07, 6.45) is -0.226. The summed E-state index contributed by atoms with van der Waals surface area (Å²) in [5, 5.41) is 12.3. The molecule has 0 aromatic heterocycles. The number of aliphatic carboxylic acids is 1. The van der Waals surface area contributed by atoms with Gasteiger partial charge in [-0.15, -0.1) is 0 Å². The Bertz CT molecular complexity index is 1190. The average molecular weight is 475 g/mol. The molecule has 2 amide bonds. The van der Waals surface area contributed by atoms with E-state index in [1.165, 1.54) is 4.90 Å². The Morgan fingerprint density at radius 2 is 1.80 bits per heavy atom. The van der Waals surface area contributed by atoms with Gasteiger partial charge in [-0.2, -0.15) is 0 Å². The maximum Gasteiger partial charge on any atom is 0.407 e. The average Bonchev–Trinajstić information content (AvgIpc) is 3.43. The van der Waals surface area contributed by atoms with Crippen LogP contribution in [0.4, 0.5) is 4.79 Å². The van der Waals surface area contributed by atoms with Crippen molar-refractivity contribution < 1.29 is 29.0 Å². The molecule has 3 aliphatic rings. The van der Waals surface area contributed by atoms with E-state index in [4.69, 9.17) is 9.47 Å². The molecule has 2 N–H and O–H groups in total. The number of fused-ring (bicyclic) bond motifs is 4. The SMILES string of the molecule is O=C(NCC#CC(=O)N1C[C@H]2COCC[C@@]2(C(=O)O)C1)OCC1c2ccccc2-c2ccccc21. The van der Waals surface area contributed by atoms with Crippen LogP contribution in [0.3, 0.4) is 0 Å². The van der Waals surface area contributed by atoms with E-state index in [0.717, 1.165) is 22.3 Å². The minimum Gasteiger partial charge on any atom is -0.481 e. The van der Waals surface area contributed by atoms with Crippen molar-refractivity contribution in [3.8, 4) is 23.0 Å². The first kappa shape index (κ1) is 22.9. The van der Waals surface area contributed by atoms with Crippen LogP contribution >= 0.6 is 0 Å². The molecule has 35 heavy (non-hydrogen) atoms. The number of carbonyl (C=O) groups is 3. The van der Waals surface area contributed by atoms with Crippen LogP contribution < -0.4 is 5.32 Å². The van der Waals surface area contributed by atoms with Gasteiger partial charge in [0, 0.05) is 31.5 Å². The zero-order valence-electron chi connectivity index (χ0n) is 19.2. The van der Waals surface area contributed by atoms with Gasteiger partial charge < -0.3 is 24.8 Å². The molecule has 2 aromatic carbocycles. The topological polar surface area (TPSA) is 105 Å². The maximum absolute atomic E-state index is 12.5. The number of nitrogens with zero attached hydrogens (tertiary/aromatic N) is 1. The van der Waals surface area contributed by atoms with E-state index < -0.39 is 23.4 Å². The first-order chi connectivity index (χ1) is 17.0. The van der Waals surface area contributed by atoms with Gasteiger partial charge in [-0.1, -0.05) is 54.5 Å². The zero-order chi connectivity index (χ0) is 24.4. The van der Waals surface area contributed by atoms with Crippen LogP contribution in [0.5, 0.6) is 0 Å². The quantitative estimate of drug-likeness (QED) is 0.660. The summed E-state index contributed by atoms with van der Waals surface area (Å²) < 4.78 is 10.9. The third-order valence-electron chi connectivity index (χ3n) is 7.28. The predicted molar refractivity (Wildman–Crippen MR) is 126 cm³/mol. The van der Waals surface area contributed by atoms with Crippen molar-refractivity contribution in [2.75, 3.05) is 39.5 Å². The maximum atomic E-state index is 12.5. The summed E-state index contributed by atoms with van der Waals surface area (Å²) in [7, 11) is 0. The molecular weight excluding hydrogens is 448 g/mol.